The predicted octanol–water partition coefficient (Wildman–Crippen LogP) is 3.83. The van der Waals surface area contributed by atoms with Crippen LogP contribution in [0.3, 0.4) is 0 Å². The van der Waals surface area contributed by atoms with E-state index < -0.39 is 0 Å². The Morgan fingerprint density at radius 3 is 2.85 bits per heavy atom. The van der Waals surface area contributed by atoms with Crippen LogP contribution in [0.4, 0.5) is 0 Å². The zero-order valence-corrected chi connectivity index (χ0v) is 14.9. The van der Waals surface area contributed by atoms with Gasteiger partial charge in [-0.2, -0.15) is 0 Å². The van der Waals surface area contributed by atoms with E-state index in [0.29, 0.717) is 6.54 Å². The van der Waals surface area contributed by atoms with Crippen molar-refractivity contribution in [3.8, 4) is 5.75 Å². The monoisotopic (exact) mass is 357 g/mol. The van der Waals surface area contributed by atoms with E-state index in [2.05, 4.69) is 10.3 Å². The number of carbonyl (C=O) groups is 1. The number of nitrogens with zero attached hydrogens (tertiary/aromatic N) is 2. The molecule has 4 aromatic rings. The molecule has 1 N–H and O–H groups in total. The molecule has 0 saturated heterocycles. The molecule has 5 heteroatoms. The molecule has 0 aliphatic rings. The topological polar surface area (TPSA) is 55.6 Å². The summed E-state index contributed by atoms with van der Waals surface area (Å²) in [5.74, 6) is 0.680. The standard InChI is InChI=1S/C22H19N3O2/c1-27-20-9-8-17-12-16(5-7-18(17)13-20)6-10-22(26)23-14-19-15-25-11-3-2-4-21(25)24-19/h2-13,15H,14H2,1H3,(H,23,26)/b10-6+. The second-order valence-corrected chi connectivity index (χ2v) is 6.22. The number of pyridine rings is 1. The highest BCUT2D eigenvalue weighted by molar-refractivity contribution is 5.93. The van der Waals surface area contributed by atoms with E-state index in [0.717, 1.165) is 33.4 Å². The Kier molecular flexibility index (Phi) is 4.58. The smallest absolute Gasteiger partial charge is 0.244 e. The van der Waals surface area contributed by atoms with Crippen LogP contribution in [0.5, 0.6) is 5.75 Å². The highest BCUT2D eigenvalue weighted by atomic mass is 16.5. The van der Waals surface area contributed by atoms with Gasteiger partial charge in [0.2, 0.25) is 5.91 Å². The van der Waals surface area contributed by atoms with Gasteiger partial charge in [-0.05, 0) is 52.7 Å². The van der Waals surface area contributed by atoms with Gasteiger partial charge in [-0.1, -0.05) is 24.3 Å². The normalized spacial score (nSPS) is 11.3. The SMILES string of the molecule is COc1ccc2cc(/C=C/C(=O)NCc3cn4ccccc4n3)ccc2c1. The van der Waals surface area contributed by atoms with Gasteiger partial charge in [-0.3, -0.25) is 4.79 Å². The lowest BCUT2D eigenvalue weighted by Gasteiger charge is -2.03. The van der Waals surface area contributed by atoms with Gasteiger partial charge in [-0.25, -0.2) is 4.98 Å². The molecule has 4 rings (SSSR count). The highest BCUT2D eigenvalue weighted by Gasteiger charge is 2.03. The van der Waals surface area contributed by atoms with Gasteiger partial charge in [0.25, 0.3) is 0 Å². The third kappa shape index (κ3) is 3.82. The molecule has 0 fully saturated rings. The molecule has 2 aromatic heterocycles. The number of rotatable bonds is 5. The highest BCUT2D eigenvalue weighted by Crippen LogP contribution is 2.22. The fraction of sp³-hybridized carbons (Fsp3) is 0.0909. The maximum atomic E-state index is 12.1. The van der Waals surface area contributed by atoms with Crippen molar-refractivity contribution in [2.45, 2.75) is 6.54 Å². The van der Waals surface area contributed by atoms with Crippen LogP contribution in [0.15, 0.2) is 73.1 Å². The number of carbonyl (C=O) groups excluding carboxylic acids is 1. The first-order chi connectivity index (χ1) is 13.2. The van der Waals surface area contributed by atoms with E-state index in [4.69, 9.17) is 4.74 Å². The Morgan fingerprint density at radius 2 is 2.00 bits per heavy atom. The molecule has 2 aromatic carbocycles. The summed E-state index contributed by atoms with van der Waals surface area (Å²) >= 11 is 0. The minimum Gasteiger partial charge on any atom is -0.497 e. The van der Waals surface area contributed by atoms with Gasteiger partial charge in [0.15, 0.2) is 0 Å². The number of fused-ring (bicyclic) bond motifs is 2. The lowest BCUT2D eigenvalue weighted by Crippen LogP contribution is -2.20. The quantitative estimate of drug-likeness (QED) is 0.552. The zero-order valence-electron chi connectivity index (χ0n) is 14.9. The van der Waals surface area contributed by atoms with Gasteiger partial charge >= 0.3 is 0 Å². The number of hydrogen-bond acceptors (Lipinski definition) is 3. The lowest BCUT2D eigenvalue weighted by atomic mass is 10.1. The van der Waals surface area contributed by atoms with Crippen LogP contribution < -0.4 is 10.1 Å². The molecule has 0 unspecified atom stereocenters. The Balaban J connectivity index is 1.41. The third-order valence-corrected chi connectivity index (χ3v) is 4.36. The number of amides is 1. The number of nitrogens with one attached hydrogen (secondary N) is 1. The summed E-state index contributed by atoms with van der Waals surface area (Å²) in [5.41, 5.74) is 2.66. The first-order valence-electron chi connectivity index (χ1n) is 8.67. The summed E-state index contributed by atoms with van der Waals surface area (Å²) in [6.45, 7) is 0.391. The Morgan fingerprint density at radius 1 is 1.15 bits per heavy atom. The van der Waals surface area contributed by atoms with Gasteiger partial charge < -0.3 is 14.5 Å². The molecule has 2 heterocycles. The fourth-order valence-electron chi connectivity index (χ4n) is 2.95. The molecule has 0 radical (unpaired) electrons. The van der Waals surface area contributed by atoms with Gasteiger partial charge in [0, 0.05) is 18.5 Å². The van der Waals surface area contributed by atoms with E-state index in [1.807, 2.05) is 77.5 Å². The van der Waals surface area contributed by atoms with Crippen molar-refractivity contribution in [1.82, 2.24) is 14.7 Å². The van der Waals surface area contributed by atoms with Crippen LogP contribution in [0.1, 0.15) is 11.3 Å². The van der Waals surface area contributed by atoms with Crippen molar-refractivity contribution >= 4 is 28.4 Å². The molecule has 0 aliphatic carbocycles. The minimum absolute atomic E-state index is 0.151. The minimum atomic E-state index is -0.151. The predicted molar refractivity (Wildman–Crippen MR) is 107 cm³/mol. The second-order valence-electron chi connectivity index (χ2n) is 6.22. The van der Waals surface area contributed by atoms with Crippen molar-refractivity contribution in [1.29, 1.82) is 0 Å². The fourth-order valence-corrected chi connectivity index (χ4v) is 2.95. The number of aromatic nitrogens is 2. The number of benzene rings is 2. The molecule has 0 atom stereocenters. The first-order valence-corrected chi connectivity index (χ1v) is 8.67. The largest absolute Gasteiger partial charge is 0.497 e. The average Bonchev–Trinajstić information content (AvgIpc) is 3.13. The van der Waals surface area contributed by atoms with Crippen LogP contribution in [0, 0.1) is 0 Å². The number of methoxy groups -OCH3 is 1. The van der Waals surface area contributed by atoms with Crippen LogP contribution in [-0.2, 0) is 11.3 Å². The van der Waals surface area contributed by atoms with Gasteiger partial charge in [0.1, 0.15) is 11.4 Å². The summed E-state index contributed by atoms with van der Waals surface area (Å²) in [6.07, 6.45) is 7.20. The van der Waals surface area contributed by atoms with Crippen LogP contribution in [0.2, 0.25) is 0 Å². The van der Waals surface area contributed by atoms with E-state index in [1.165, 1.54) is 0 Å². The molecular formula is C22H19N3O2. The summed E-state index contributed by atoms with van der Waals surface area (Å²) in [5, 5.41) is 5.06. The number of hydrogen-bond donors (Lipinski definition) is 1. The molecule has 5 nitrogen and oxygen atoms in total. The number of imidazole rings is 1. The van der Waals surface area contributed by atoms with Gasteiger partial charge in [-0.15, -0.1) is 0 Å². The molecule has 1 amide bonds. The second kappa shape index (κ2) is 7.33. The van der Waals surface area contributed by atoms with Crippen LogP contribution in [0.25, 0.3) is 22.5 Å². The molecule has 0 saturated carbocycles. The molecule has 0 aliphatic heterocycles. The van der Waals surface area contributed by atoms with Crippen molar-refractivity contribution in [2.75, 3.05) is 7.11 Å². The maximum Gasteiger partial charge on any atom is 0.244 e. The average molecular weight is 357 g/mol. The summed E-state index contributed by atoms with van der Waals surface area (Å²) in [4.78, 5) is 16.6. The van der Waals surface area contributed by atoms with Crippen molar-refractivity contribution in [3.63, 3.8) is 0 Å². The van der Waals surface area contributed by atoms with E-state index in [9.17, 15) is 4.79 Å². The molecule has 27 heavy (non-hydrogen) atoms. The molecule has 0 spiro atoms. The third-order valence-electron chi connectivity index (χ3n) is 4.36. The Hall–Kier alpha value is -3.60. The Labute approximate surface area is 156 Å². The summed E-state index contributed by atoms with van der Waals surface area (Å²) in [6, 6.07) is 17.8. The lowest BCUT2D eigenvalue weighted by molar-refractivity contribution is -0.116. The summed E-state index contributed by atoms with van der Waals surface area (Å²) in [7, 11) is 1.66. The molecular weight excluding hydrogens is 338 g/mol. The zero-order chi connectivity index (χ0) is 18.6. The summed E-state index contributed by atoms with van der Waals surface area (Å²) < 4.78 is 7.17. The number of ether oxygens (including phenoxy) is 1. The van der Waals surface area contributed by atoms with E-state index in [-0.39, 0.29) is 5.91 Å². The molecule has 0 bridgehead atoms. The van der Waals surface area contributed by atoms with E-state index >= 15 is 0 Å². The maximum absolute atomic E-state index is 12.1. The Bertz CT molecular complexity index is 1110. The van der Waals surface area contributed by atoms with Crippen LogP contribution in [-0.4, -0.2) is 22.4 Å². The molecule has 134 valence electrons. The van der Waals surface area contributed by atoms with Crippen molar-refractivity contribution < 1.29 is 9.53 Å². The van der Waals surface area contributed by atoms with Crippen LogP contribution >= 0.6 is 0 Å². The van der Waals surface area contributed by atoms with Crippen molar-refractivity contribution in [3.05, 3.63) is 84.3 Å². The van der Waals surface area contributed by atoms with E-state index in [1.54, 1.807) is 13.2 Å². The van der Waals surface area contributed by atoms with Crippen molar-refractivity contribution in [2.24, 2.45) is 0 Å². The van der Waals surface area contributed by atoms with Gasteiger partial charge in [0.05, 0.1) is 19.3 Å². The first kappa shape index (κ1) is 16.8.